The van der Waals surface area contributed by atoms with Crippen molar-refractivity contribution >= 4 is 86.0 Å². The number of benzene rings is 3. The molecule has 0 saturated carbocycles. The second kappa shape index (κ2) is 34.4. The maximum Gasteiger partial charge on any atom is 0.410 e. The van der Waals surface area contributed by atoms with Gasteiger partial charge in [0.05, 0.1) is 51.5 Å². The van der Waals surface area contributed by atoms with Crippen molar-refractivity contribution in [2.24, 2.45) is 0 Å². The number of rotatable bonds is 14. The fourth-order valence-electron chi connectivity index (χ4n) is 13.7. The van der Waals surface area contributed by atoms with Crippen molar-refractivity contribution in [3.05, 3.63) is 209 Å². The molecular weight excluding hydrogens is 1510 g/mol. The molecule has 31 nitrogen and oxygen atoms in total. The van der Waals surface area contributed by atoms with Crippen LogP contribution >= 0.6 is 11.8 Å². The zero-order valence-corrected chi connectivity index (χ0v) is 70.2. The van der Waals surface area contributed by atoms with E-state index in [0.29, 0.717) is 131 Å². The van der Waals surface area contributed by atoms with E-state index in [-0.39, 0.29) is 28.9 Å². The zero-order valence-electron chi connectivity index (χ0n) is 69.4. The number of hydrogen-bond donors (Lipinski definition) is 4. The van der Waals surface area contributed by atoms with Crippen LogP contribution in [0.4, 0.5) is 38.5 Å². The van der Waals surface area contributed by atoms with E-state index in [2.05, 4.69) is 71.2 Å². The average Bonchev–Trinajstić information content (AvgIpc) is 1.61. The van der Waals surface area contributed by atoms with Crippen LogP contribution in [0.25, 0.3) is 50.6 Å². The maximum absolute atomic E-state index is 13.2. The maximum atomic E-state index is 13.2. The number of fused-ring (bicyclic) bond motifs is 6. The van der Waals surface area contributed by atoms with Gasteiger partial charge in [-0.3, -0.25) is 14.4 Å². The summed E-state index contributed by atoms with van der Waals surface area (Å²) in [5, 5.41) is 40.3. The molecule has 118 heavy (non-hydrogen) atoms. The number of hydrogen-bond acceptors (Lipinski definition) is 24. The topological polar surface area (TPSA) is 389 Å². The molecule has 3 aromatic carbocycles. The van der Waals surface area contributed by atoms with E-state index in [1.165, 1.54) is 40.2 Å². The van der Waals surface area contributed by atoms with Crippen LogP contribution in [0, 0.1) is 34.0 Å². The van der Waals surface area contributed by atoms with Gasteiger partial charge < -0.3 is 41.0 Å². The summed E-state index contributed by atoms with van der Waals surface area (Å²) in [4.78, 5) is 108. The number of amides is 2. The second-order valence-electron chi connectivity index (χ2n) is 32.3. The normalized spacial score (nSPS) is 13.4. The molecule has 5 N–H and O–H groups in total. The quantitative estimate of drug-likeness (QED) is 0.0446. The van der Waals surface area contributed by atoms with E-state index in [4.69, 9.17) is 35.1 Å². The molecule has 0 atom stereocenters. The lowest BCUT2D eigenvalue weighted by Gasteiger charge is -2.31. The molecule has 0 aliphatic carbocycles. The second-order valence-corrected chi connectivity index (χ2v) is 33.1. The summed E-state index contributed by atoms with van der Waals surface area (Å²) in [5.41, 5.74) is 14.7. The third-order valence-corrected chi connectivity index (χ3v) is 20.6. The van der Waals surface area contributed by atoms with Crippen molar-refractivity contribution in [3.63, 3.8) is 0 Å². The van der Waals surface area contributed by atoms with Gasteiger partial charge in [0.15, 0.2) is 39.6 Å². The summed E-state index contributed by atoms with van der Waals surface area (Å²) in [7, 11) is 0. The number of aromatic nitrogens is 15. The van der Waals surface area contributed by atoms with Crippen LogP contribution in [0.5, 0.6) is 0 Å². The van der Waals surface area contributed by atoms with E-state index >= 15 is 0 Å². The summed E-state index contributed by atoms with van der Waals surface area (Å²) >= 11 is 1.41. The number of carbonyl (C=O) groups excluding carboxylic acids is 2. The lowest BCUT2D eigenvalue weighted by Crippen LogP contribution is -2.39. The number of nitrogen functional groups attached to an aromatic ring is 1. The minimum Gasteiger partial charge on any atom is -0.444 e. The van der Waals surface area contributed by atoms with Gasteiger partial charge in [-0.2, -0.15) is 25.8 Å². The monoisotopic (exact) mass is 1610 g/mol. The smallest absolute Gasteiger partial charge is 0.410 e. The molecule has 0 fully saturated rings. The highest BCUT2D eigenvalue weighted by molar-refractivity contribution is 7.98. The van der Waals surface area contributed by atoms with Crippen molar-refractivity contribution in [1.29, 1.82) is 15.8 Å². The number of anilines is 5. The summed E-state index contributed by atoms with van der Waals surface area (Å²) < 4.78 is 20.7. The van der Waals surface area contributed by atoms with Crippen LogP contribution < -0.4 is 38.4 Å². The molecular formula is C86H98N24O7S. The van der Waals surface area contributed by atoms with Crippen LogP contribution in [0.15, 0.2) is 147 Å². The lowest BCUT2D eigenvalue weighted by molar-refractivity contribution is 0.0214. The highest BCUT2D eigenvalue weighted by Crippen LogP contribution is 2.32. The highest BCUT2D eigenvalue weighted by Gasteiger charge is 2.31. The fraction of sp³-hybridized carbons (Fsp3) is 0.384. The number of carbonyl (C=O) groups is 2. The van der Waals surface area contributed by atoms with E-state index in [1.807, 2.05) is 181 Å². The first-order chi connectivity index (χ1) is 56.1. The standard InChI is InChI=1S/C30H34N8O3.C25H26N8O.C17H18N6OS.C14H20N2O2/c1-7-37-26(39)22-16-32-27(35-25(22)38(37)24-10-8-9-23(34-24)30(5,6)18-31)33-21-12-11-19-13-14-36(17-20(19)15-21)28(40)41-29(2,3)4;1-4-32-23(34)19-14-28-24(29-18-9-8-16-10-11-27-13-17(16)12-18)31-22(19)33(32)21-7-5-6-20(30-21)25(2,3)15-26;1-5-22-15(24)11-9-19-16(25-4)21-14(11)23(22)13-8-6-7-12(20-13)17(2,3)10-18;1-14(2,3)18-13(17)16-7-6-10-4-5-12(15)8-11(10)9-16/h8-12,15-16H,7,13-14,17H2,1-6H3,(H,32,33,35);5-9,12,14,27H,4,10-11,13H2,1-3H3,(H,28,29,31);6-9H,5H2,1-4H3;4-5,8H,6-7,9,15H2,1-3H3. The zero-order chi connectivity index (χ0) is 84.9. The Morgan fingerprint density at radius 2 is 0.856 bits per heavy atom. The van der Waals surface area contributed by atoms with Gasteiger partial charge in [-0.1, -0.05) is 48.2 Å². The number of nitrogens with zero attached hydrogens (tertiary/aromatic N) is 20. The van der Waals surface area contributed by atoms with Gasteiger partial charge in [0, 0.05) is 88.0 Å². The first kappa shape index (κ1) is 84.3. The van der Waals surface area contributed by atoms with Crippen molar-refractivity contribution < 1.29 is 19.1 Å². The van der Waals surface area contributed by atoms with E-state index < -0.39 is 27.4 Å². The van der Waals surface area contributed by atoms with Gasteiger partial charge in [-0.15, -0.1) is 0 Å². The van der Waals surface area contributed by atoms with Crippen molar-refractivity contribution in [2.75, 3.05) is 42.3 Å². The first-order valence-corrected chi connectivity index (χ1v) is 40.3. The van der Waals surface area contributed by atoms with Gasteiger partial charge in [0.25, 0.3) is 16.7 Å². The average molecular weight is 1610 g/mol. The van der Waals surface area contributed by atoms with Crippen LogP contribution in [-0.2, 0) is 84.2 Å². The van der Waals surface area contributed by atoms with E-state index in [9.17, 15) is 39.8 Å². The predicted molar refractivity (Wildman–Crippen MR) is 454 cm³/mol. The molecule has 0 spiro atoms. The number of thioether (sulfide) groups is 1. The van der Waals surface area contributed by atoms with Gasteiger partial charge in [-0.05, 0) is 242 Å². The largest absolute Gasteiger partial charge is 0.444 e. The van der Waals surface area contributed by atoms with Crippen LogP contribution in [0.3, 0.4) is 0 Å². The summed E-state index contributed by atoms with van der Waals surface area (Å²) in [6, 6.07) is 41.3. The Morgan fingerprint density at radius 1 is 0.483 bits per heavy atom. The molecule has 0 saturated heterocycles. The van der Waals surface area contributed by atoms with Crippen molar-refractivity contribution in [2.45, 2.75) is 195 Å². The number of pyridine rings is 3. The van der Waals surface area contributed by atoms with Crippen molar-refractivity contribution in [1.82, 2.24) is 88.1 Å². The van der Waals surface area contributed by atoms with Crippen LogP contribution in [-0.4, -0.2) is 132 Å². The molecule has 0 bridgehead atoms. The highest BCUT2D eigenvalue weighted by atomic mass is 32.2. The Morgan fingerprint density at radius 3 is 1.25 bits per heavy atom. The van der Waals surface area contributed by atoms with E-state index in [0.717, 1.165) is 60.5 Å². The summed E-state index contributed by atoms with van der Waals surface area (Å²) in [6.07, 6.45) is 8.54. The minimum atomic E-state index is -0.802. The van der Waals surface area contributed by atoms with Gasteiger partial charge >= 0.3 is 12.2 Å². The third kappa shape index (κ3) is 18.4. The molecule has 3 aliphatic heterocycles. The van der Waals surface area contributed by atoms with Crippen LogP contribution in [0.1, 0.15) is 154 Å². The molecule has 15 rings (SSSR count). The van der Waals surface area contributed by atoms with Crippen molar-refractivity contribution in [3.8, 4) is 35.7 Å². The molecule has 3 aliphatic rings. The number of nitriles is 3. The predicted octanol–water partition coefficient (Wildman–Crippen LogP) is 13.1. The molecule has 610 valence electrons. The number of nitrogens with one attached hydrogen (secondary N) is 3. The Balaban J connectivity index is 0.000000151. The molecule has 0 radical (unpaired) electrons. The number of nitrogens with two attached hydrogens (primary N) is 1. The minimum absolute atomic E-state index is 0.156. The Labute approximate surface area is 687 Å². The Kier molecular flexibility index (Phi) is 24.5. The number of ether oxygens (including phenoxy) is 2. The van der Waals surface area contributed by atoms with Gasteiger partial charge in [0.1, 0.15) is 27.4 Å². The first-order valence-electron chi connectivity index (χ1n) is 39.1. The van der Waals surface area contributed by atoms with E-state index in [1.54, 1.807) is 76.3 Å². The lowest BCUT2D eigenvalue weighted by atomic mass is 9.91. The summed E-state index contributed by atoms with van der Waals surface area (Å²) in [6.45, 7) is 33.2. The Bertz CT molecular complexity index is 6150. The molecule has 2 amide bonds. The Hall–Kier alpha value is -13.1. The molecule has 0 unspecified atom stereocenters. The van der Waals surface area contributed by atoms with Crippen LogP contribution in [0.2, 0.25) is 0 Å². The fourth-order valence-corrected chi connectivity index (χ4v) is 14.0. The molecule has 32 heteroatoms. The third-order valence-electron chi connectivity index (χ3n) is 20.1. The molecule has 12 aromatic rings. The molecule has 9 aromatic heterocycles. The molecule has 12 heterocycles. The van der Waals surface area contributed by atoms with Gasteiger partial charge in [0.2, 0.25) is 11.9 Å². The van der Waals surface area contributed by atoms with Gasteiger partial charge in [-0.25, -0.2) is 72.6 Å². The SMILES string of the molecule is CC(C)(C)OC(=O)N1CCc2ccc(N)cc2C1.CCn1c(=O)c2cnc(Nc3ccc4c(c3)CN(C(=O)OC(C)(C)C)CC4)nc2n1-c1cccc(C(C)(C)C#N)n1.CCn1c(=O)c2cnc(Nc3ccc4c(c3)CNCC4)nc2n1-c1cccc(C(C)(C)C#N)n1.CCn1c(=O)c2cnc(SC)nc2n1-c1cccc(C(C)(C)C#N)n1. The summed E-state index contributed by atoms with van der Waals surface area (Å²) in [5.74, 6) is 2.28.